The molecule has 2 heterocycles. The molecule has 3 rings (SSSR count). The molecule has 1 atom stereocenters. The molecule has 0 saturated carbocycles. The molecule has 2 saturated heterocycles. The van der Waals surface area contributed by atoms with Gasteiger partial charge in [0, 0.05) is 31.7 Å². The van der Waals surface area contributed by atoms with E-state index in [-0.39, 0.29) is 42.9 Å². The average molecular weight is 406 g/mol. The summed E-state index contributed by atoms with van der Waals surface area (Å²) in [7, 11) is -3.78. The summed E-state index contributed by atoms with van der Waals surface area (Å²) in [6, 6.07) is 5.49. The van der Waals surface area contributed by atoms with Crippen molar-refractivity contribution < 1.29 is 31.1 Å². The van der Waals surface area contributed by atoms with Gasteiger partial charge in [-0.1, -0.05) is 6.07 Å². The van der Waals surface area contributed by atoms with E-state index in [1.165, 1.54) is 28.6 Å². The van der Waals surface area contributed by atoms with Crippen LogP contribution in [0.3, 0.4) is 0 Å². The Balaban J connectivity index is 1.79. The maximum Gasteiger partial charge on any atom is 0.393 e. The molecule has 1 amide bonds. The van der Waals surface area contributed by atoms with Gasteiger partial charge in [0.2, 0.25) is 10.0 Å². The van der Waals surface area contributed by atoms with E-state index in [2.05, 4.69) is 0 Å². The normalized spacial score (nSPS) is 22.6. The predicted octanol–water partition coefficient (Wildman–Crippen LogP) is 2.12. The van der Waals surface area contributed by atoms with Crippen molar-refractivity contribution in [3.8, 4) is 0 Å². The molecule has 1 unspecified atom stereocenters. The second-order valence-electron chi connectivity index (χ2n) is 6.68. The number of morpholine rings is 1. The van der Waals surface area contributed by atoms with Gasteiger partial charge in [-0.2, -0.15) is 17.5 Å². The molecule has 27 heavy (non-hydrogen) atoms. The molecule has 0 aromatic heterocycles. The lowest BCUT2D eigenvalue weighted by Crippen LogP contribution is -2.44. The molecule has 0 aliphatic carbocycles. The Hall–Kier alpha value is -1.65. The Morgan fingerprint density at radius 2 is 1.85 bits per heavy atom. The van der Waals surface area contributed by atoms with Crippen LogP contribution in [0.1, 0.15) is 23.2 Å². The molecule has 0 spiro atoms. The van der Waals surface area contributed by atoms with E-state index in [0.717, 1.165) is 4.90 Å². The number of ether oxygens (including phenoxy) is 1. The molecule has 1 aromatic carbocycles. The van der Waals surface area contributed by atoms with Crippen molar-refractivity contribution in [2.24, 2.45) is 5.92 Å². The summed E-state index contributed by atoms with van der Waals surface area (Å²) in [6.45, 7) is 0.864. The molecule has 2 fully saturated rings. The van der Waals surface area contributed by atoms with Crippen LogP contribution in [0, 0.1) is 5.92 Å². The van der Waals surface area contributed by atoms with Crippen molar-refractivity contribution >= 4 is 15.9 Å². The second kappa shape index (κ2) is 7.76. The Morgan fingerprint density at radius 3 is 2.52 bits per heavy atom. The van der Waals surface area contributed by atoms with Gasteiger partial charge in [0.1, 0.15) is 0 Å². The Kier molecular flexibility index (Phi) is 5.78. The van der Waals surface area contributed by atoms with Crippen molar-refractivity contribution in [3.63, 3.8) is 0 Å². The third-order valence-corrected chi connectivity index (χ3v) is 6.75. The highest BCUT2D eigenvalue weighted by Gasteiger charge is 2.42. The predicted molar refractivity (Wildman–Crippen MR) is 90.7 cm³/mol. The van der Waals surface area contributed by atoms with Crippen LogP contribution in [0.25, 0.3) is 0 Å². The number of piperidine rings is 1. The number of hydrogen-bond donors (Lipinski definition) is 0. The zero-order chi connectivity index (χ0) is 19.7. The van der Waals surface area contributed by atoms with E-state index in [1.807, 2.05) is 0 Å². The first kappa shape index (κ1) is 20.1. The number of likely N-dealkylation sites (tertiary alicyclic amines) is 1. The fraction of sp³-hybridized carbons (Fsp3) is 0.588. The van der Waals surface area contributed by atoms with E-state index in [1.54, 1.807) is 0 Å². The molecule has 0 radical (unpaired) electrons. The second-order valence-corrected chi connectivity index (χ2v) is 8.61. The summed E-state index contributed by atoms with van der Waals surface area (Å²) in [5, 5.41) is 0. The molecule has 0 bridgehead atoms. The van der Waals surface area contributed by atoms with E-state index < -0.39 is 34.6 Å². The standard InChI is InChI=1S/C17H21F3N2O4S/c18-17(19,20)14-4-2-6-21(12-14)16(23)13-3-1-5-15(11-13)27(24,25)22-7-9-26-10-8-22/h1,3,5,11,14H,2,4,6-10,12H2. The molecule has 0 N–H and O–H groups in total. The molecular weight excluding hydrogens is 385 g/mol. The largest absolute Gasteiger partial charge is 0.393 e. The molecule has 150 valence electrons. The SMILES string of the molecule is O=C(c1cccc(S(=O)(=O)N2CCOCC2)c1)N1CCCC(C(F)(F)F)C1. The van der Waals surface area contributed by atoms with Crippen molar-refractivity contribution in [1.82, 2.24) is 9.21 Å². The van der Waals surface area contributed by atoms with Crippen LogP contribution >= 0.6 is 0 Å². The maximum atomic E-state index is 13.0. The summed E-state index contributed by atoms with van der Waals surface area (Å²) < 4.78 is 70.8. The summed E-state index contributed by atoms with van der Waals surface area (Å²) in [5.74, 6) is -2.13. The average Bonchev–Trinajstić information content (AvgIpc) is 2.67. The number of amides is 1. The van der Waals surface area contributed by atoms with Gasteiger partial charge >= 0.3 is 6.18 Å². The molecule has 10 heteroatoms. The van der Waals surface area contributed by atoms with Gasteiger partial charge < -0.3 is 9.64 Å². The van der Waals surface area contributed by atoms with Gasteiger partial charge in [-0.15, -0.1) is 0 Å². The lowest BCUT2D eigenvalue weighted by atomic mass is 9.97. The van der Waals surface area contributed by atoms with E-state index in [9.17, 15) is 26.4 Å². The van der Waals surface area contributed by atoms with Crippen LogP contribution in [0.2, 0.25) is 0 Å². The first-order chi connectivity index (χ1) is 12.7. The number of nitrogens with zero attached hydrogens (tertiary/aromatic N) is 2. The summed E-state index contributed by atoms with van der Waals surface area (Å²) in [6.07, 6.45) is -4.08. The molecule has 2 aliphatic heterocycles. The van der Waals surface area contributed by atoms with Crippen LogP contribution < -0.4 is 0 Å². The zero-order valence-corrected chi connectivity index (χ0v) is 15.4. The van der Waals surface area contributed by atoms with Crippen LogP contribution in [0.4, 0.5) is 13.2 Å². The Morgan fingerprint density at radius 1 is 1.15 bits per heavy atom. The van der Waals surface area contributed by atoms with Crippen molar-refractivity contribution in [3.05, 3.63) is 29.8 Å². The van der Waals surface area contributed by atoms with Gasteiger partial charge in [-0.05, 0) is 31.0 Å². The highest BCUT2D eigenvalue weighted by molar-refractivity contribution is 7.89. The minimum absolute atomic E-state index is 0.00126. The summed E-state index contributed by atoms with van der Waals surface area (Å²) in [4.78, 5) is 13.8. The highest BCUT2D eigenvalue weighted by Crippen LogP contribution is 2.33. The minimum Gasteiger partial charge on any atom is -0.379 e. The van der Waals surface area contributed by atoms with Gasteiger partial charge in [0.05, 0.1) is 24.0 Å². The smallest absolute Gasteiger partial charge is 0.379 e. The van der Waals surface area contributed by atoms with Gasteiger partial charge in [0.25, 0.3) is 5.91 Å². The number of halogens is 3. The summed E-state index contributed by atoms with van der Waals surface area (Å²) in [5.41, 5.74) is 0.0761. The van der Waals surface area contributed by atoms with E-state index in [0.29, 0.717) is 13.2 Å². The zero-order valence-electron chi connectivity index (χ0n) is 14.6. The third-order valence-electron chi connectivity index (χ3n) is 4.86. The molecule has 6 nitrogen and oxygen atoms in total. The maximum absolute atomic E-state index is 13.0. The minimum atomic E-state index is -4.35. The first-order valence-electron chi connectivity index (χ1n) is 8.73. The number of rotatable bonds is 3. The number of sulfonamides is 1. The van der Waals surface area contributed by atoms with Crippen LogP contribution in [0.5, 0.6) is 0 Å². The first-order valence-corrected chi connectivity index (χ1v) is 10.2. The van der Waals surface area contributed by atoms with Gasteiger partial charge in [-0.3, -0.25) is 4.79 Å². The Labute approximate surface area is 155 Å². The van der Waals surface area contributed by atoms with Crippen LogP contribution in [-0.4, -0.2) is 69.1 Å². The summed E-state index contributed by atoms with van der Waals surface area (Å²) >= 11 is 0. The highest BCUT2D eigenvalue weighted by atomic mass is 32.2. The van der Waals surface area contributed by atoms with Crippen molar-refractivity contribution in [2.75, 3.05) is 39.4 Å². The van der Waals surface area contributed by atoms with Gasteiger partial charge in [0.15, 0.2) is 0 Å². The number of carbonyl (C=O) groups is 1. The Bertz CT molecular complexity index is 792. The lowest BCUT2D eigenvalue weighted by molar-refractivity contribution is -0.184. The third kappa shape index (κ3) is 4.44. The quantitative estimate of drug-likeness (QED) is 0.771. The van der Waals surface area contributed by atoms with Gasteiger partial charge in [-0.25, -0.2) is 8.42 Å². The lowest BCUT2D eigenvalue weighted by Gasteiger charge is -2.34. The van der Waals surface area contributed by atoms with Crippen LogP contribution in [-0.2, 0) is 14.8 Å². The van der Waals surface area contributed by atoms with E-state index in [4.69, 9.17) is 4.74 Å². The van der Waals surface area contributed by atoms with Crippen LogP contribution in [0.15, 0.2) is 29.2 Å². The molecule has 2 aliphatic rings. The van der Waals surface area contributed by atoms with Crippen molar-refractivity contribution in [2.45, 2.75) is 23.9 Å². The van der Waals surface area contributed by atoms with Crippen molar-refractivity contribution in [1.29, 1.82) is 0 Å². The molecular formula is C17H21F3N2O4S. The fourth-order valence-corrected chi connectivity index (χ4v) is 4.79. The number of benzene rings is 1. The fourth-order valence-electron chi connectivity index (χ4n) is 3.34. The monoisotopic (exact) mass is 406 g/mol. The van der Waals surface area contributed by atoms with E-state index >= 15 is 0 Å². The number of alkyl halides is 3. The topological polar surface area (TPSA) is 66.9 Å². The molecule has 1 aromatic rings. The number of carbonyl (C=O) groups excluding carboxylic acids is 1. The number of hydrogen-bond acceptors (Lipinski definition) is 4.